The number of hydrogen-bond acceptors (Lipinski definition) is 2. The van der Waals surface area contributed by atoms with Gasteiger partial charge in [0, 0.05) is 0 Å². The summed E-state index contributed by atoms with van der Waals surface area (Å²) in [5, 5.41) is 2.32. The second kappa shape index (κ2) is 7.30. The van der Waals surface area contributed by atoms with Crippen LogP contribution in [0.5, 0.6) is 0 Å². The first-order chi connectivity index (χ1) is 6.85. The molecule has 0 aliphatic rings. The summed E-state index contributed by atoms with van der Waals surface area (Å²) in [6.07, 6.45) is 2.25. The summed E-state index contributed by atoms with van der Waals surface area (Å²) >= 11 is 0.591. The topological polar surface area (TPSA) is 26.3 Å². The van der Waals surface area contributed by atoms with Crippen molar-refractivity contribution in [2.24, 2.45) is 5.41 Å². The zero-order valence-corrected chi connectivity index (χ0v) is 11.9. The summed E-state index contributed by atoms with van der Waals surface area (Å²) in [6.45, 7) is 10.4. The summed E-state index contributed by atoms with van der Waals surface area (Å²) in [7, 11) is 0. The summed E-state index contributed by atoms with van der Waals surface area (Å²) in [4.78, 5) is 10.9. The van der Waals surface area contributed by atoms with E-state index in [1.54, 1.807) is 0 Å². The molecule has 0 heterocycles. The number of rotatable bonds is 6. The summed E-state index contributed by atoms with van der Waals surface area (Å²) in [6, 6.07) is 0. The van der Waals surface area contributed by atoms with Gasteiger partial charge >= 0.3 is 100 Å². The molecule has 0 amide bonds. The molecular weight excluding hydrogens is 228 g/mol. The standard InChI is InChI=1S/C7H13O2.C5H11.Cr/c1-4-5-6(2)9-7(3)8;1-5(2,3)4;/h6H,2,4-5H2,1,3H3;1H2,2-4H3;. The van der Waals surface area contributed by atoms with Crippen molar-refractivity contribution in [2.45, 2.75) is 64.1 Å². The minimum atomic E-state index is -0.139. The maximum absolute atomic E-state index is 10.9. The van der Waals surface area contributed by atoms with Gasteiger partial charge in [0.2, 0.25) is 0 Å². The van der Waals surface area contributed by atoms with Crippen LogP contribution in [0.15, 0.2) is 0 Å². The molecule has 0 fully saturated rings. The second-order valence-corrected chi connectivity index (χ2v) is 6.70. The Kier molecular flexibility index (Phi) is 7.31. The Labute approximate surface area is 100 Å². The first-order valence-electron chi connectivity index (χ1n) is 5.60. The van der Waals surface area contributed by atoms with Gasteiger partial charge in [0.1, 0.15) is 0 Å². The molecule has 0 aromatic carbocycles. The quantitative estimate of drug-likeness (QED) is 0.674. The molecule has 0 saturated heterocycles. The molecule has 1 atom stereocenters. The van der Waals surface area contributed by atoms with Crippen LogP contribution in [0.25, 0.3) is 0 Å². The third kappa shape index (κ3) is 10.3. The molecule has 0 N–H and O–H groups in total. The van der Waals surface area contributed by atoms with Gasteiger partial charge in [-0.2, -0.15) is 0 Å². The Morgan fingerprint density at radius 1 is 1.40 bits per heavy atom. The van der Waals surface area contributed by atoms with Gasteiger partial charge in [-0.15, -0.1) is 0 Å². The van der Waals surface area contributed by atoms with Crippen LogP contribution in [-0.4, -0.2) is 12.1 Å². The molecule has 0 rings (SSSR count). The van der Waals surface area contributed by atoms with Crippen molar-refractivity contribution in [3.63, 3.8) is 0 Å². The van der Waals surface area contributed by atoms with Crippen molar-refractivity contribution in [3.05, 3.63) is 0 Å². The fraction of sp³-hybridized carbons (Fsp3) is 0.917. The average Bonchev–Trinajstić information content (AvgIpc) is 2.00. The second-order valence-electron chi connectivity index (χ2n) is 5.10. The van der Waals surface area contributed by atoms with Crippen LogP contribution in [0.4, 0.5) is 0 Å². The third-order valence-electron chi connectivity index (χ3n) is 1.78. The zero-order valence-electron chi connectivity index (χ0n) is 10.6. The monoisotopic (exact) mass is 252 g/mol. The number of hydrogen-bond donors (Lipinski definition) is 0. The van der Waals surface area contributed by atoms with Crippen LogP contribution in [0, 0.1) is 5.41 Å². The predicted octanol–water partition coefficient (Wildman–Crippen LogP) is 3.68. The van der Waals surface area contributed by atoms with Crippen LogP contribution in [0.1, 0.15) is 47.5 Å². The predicted molar refractivity (Wildman–Crippen MR) is 59.5 cm³/mol. The third-order valence-corrected chi connectivity index (χ3v) is 4.40. The van der Waals surface area contributed by atoms with E-state index in [0.29, 0.717) is 20.6 Å². The van der Waals surface area contributed by atoms with Gasteiger partial charge < -0.3 is 0 Å². The molecule has 0 bridgehead atoms. The van der Waals surface area contributed by atoms with E-state index < -0.39 is 0 Å². The van der Waals surface area contributed by atoms with Crippen LogP contribution in [-0.2, 0) is 24.8 Å². The van der Waals surface area contributed by atoms with E-state index >= 15 is 0 Å². The van der Waals surface area contributed by atoms with Crippen molar-refractivity contribution < 1.29 is 24.8 Å². The van der Waals surface area contributed by atoms with Crippen molar-refractivity contribution in [3.8, 4) is 0 Å². The summed E-state index contributed by atoms with van der Waals surface area (Å²) < 4.78 is 5.28. The van der Waals surface area contributed by atoms with Crippen molar-refractivity contribution in [1.29, 1.82) is 0 Å². The molecule has 90 valence electrons. The van der Waals surface area contributed by atoms with Gasteiger partial charge in [-0.05, 0) is 0 Å². The molecule has 15 heavy (non-hydrogen) atoms. The van der Waals surface area contributed by atoms with Gasteiger partial charge in [0.05, 0.1) is 0 Å². The summed E-state index contributed by atoms with van der Waals surface area (Å²) in [5.74, 6) is -0.139. The number of ether oxygens (including phenoxy) is 1. The first kappa shape index (κ1) is 15.0. The molecule has 1 unspecified atom stereocenters. The van der Waals surface area contributed by atoms with Crippen LogP contribution < -0.4 is 0 Å². The molecule has 3 heteroatoms. The van der Waals surface area contributed by atoms with Crippen LogP contribution >= 0.6 is 0 Å². The fourth-order valence-electron chi connectivity index (χ4n) is 1.23. The van der Waals surface area contributed by atoms with E-state index in [4.69, 9.17) is 4.74 Å². The Morgan fingerprint density at radius 3 is 2.40 bits per heavy atom. The molecule has 0 radical (unpaired) electrons. The molecule has 0 saturated carbocycles. The van der Waals surface area contributed by atoms with Crippen molar-refractivity contribution >= 4 is 5.97 Å². The Bertz CT molecular complexity index is 185. The zero-order chi connectivity index (χ0) is 11.9. The van der Waals surface area contributed by atoms with Gasteiger partial charge in [-0.3, -0.25) is 0 Å². The Morgan fingerprint density at radius 2 is 2.00 bits per heavy atom. The minimum absolute atomic E-state index is 0.139. The number of esters is 1. The van der Waals surface area contributed by atoms with Gasteiger partial charge in [0.25, 0.3) is 0 Å². The van der Waals surface area contributed by atoms with E-state index in [0.717, 1.165) is 18.1 Å². The van der Waals surface area contributed by atoms with Gasteiger partial charge in [0.15, 0.2) is 0 Å². The molecule has 0 spiro atoms. The number of carbonyl (C=O) groups is 1. The summed E-state index contributed by atoms with van der Waals surface area (Å²) in [5.41, 5.74) is 0.410. The molecule has 0 aromatic rings. The Hall–Kier alpha value is 0.00247. The normalized spacial score (nSPS) is 13.7. The molecule has 2 nitrogen and oxygen atoms in total. The number of carbonyl (C=O) groups excluding carboxylic acids is 1. The average molecular weight is 252 g/mol. The van der Waals surface area contributed by atoms with Crippen molar-refractivity contribution in [2.75, 3.05) is 0 Å². The molecule has 0 aliphatic carbocycles. The van der Waals surface area contributed by atoms with Gasteiger partial charge in [-0.1, -0.05) is 0 Å². The van der Waals surface area contributed by atoms with E-state index in [1.165, 1.54) is 12.2 Å². The van der Waals surface area contributed by atoms with Crippen molar-refractivity contribution in [1.82, 2.24) is 0 Å². The van der Waals surface area contributed by atoms with Crippen LogP contribution in [0.3, 0.4) is 0 Å². The van der Waals surface area contributed by atoms with E-state index in [1.807, 2.05) is 0 Å². The molecule has 0 aliphatic heterocycles. The molecule has 0 aromatic heterocycles. The van der Waals surface area contributed by atoms with E-state index in [9.17, 15) is 4.79 Å². The molecular formula is C12H24CrO2. The van der Waals surface area contributed by atoms with E-state index in [2.05, 4.69) is 27.7 Å². The van der Waals surface area contributed by atoms with Crippen LogP contribution in [0.2, 0.25) is 10.6 Å². The Balaban J connectivity index is 3.80. The van der Waals surface area contributed by atoms with Gasteiger partial charge in [-0.25, -0.2) is 0 Å². The first-order valence-corrected chi connectivity index (χ1v) is 7.40. The maximum atomic E-state index is 10.9. The van der Waals surface area contributed by atoms with E-state index in [-0.39, 0.29) is 12.1 Å². The SMILES string of the molecule is CCCC([CH2][Cr][CH2]C(C)(C)C)OC(C)=O. The fourth-order valence-corrected chi connectivity index (χ4v) is 3.15.